The third kappa shape index (κ3) is 5.77. The molecule has 0 unspecified atom stereocenters. The first kappa shape index (κ1) is 24.0. The molecule has 0 aliphatic carbocycles. The summed E-state index contributed by atoms with van der Waals surface area (Å²) in [6, 6.07) is 14.7. The second-order valence-corrected chi connectivity index (χ2v) is 8.37. The predicted octanol–water partition coefficient (Wildman–Crippen LogP) is 2.99. The fourth-order valence-corrected chi connectivity index (χ4v) is 4.19. The number of rotatable bonds is 7. The van der Waals surface area contributed by atoms with Gasteiger partial charge in [0.25, 0.3) is 5.91 Å². The molecule has 2 aromatic carbocycles. The van der Waals surface area contributed by atoms with Crippen LogP contribution in [0, 0.1) is 10.8 Å². The van der Waals surface area contributed by atoms with Gasteiger partial charge in [0, 0.05) is 24.2 Å². The van der Waals surface area contributed by atoms with Gasteiger partial charge in [-0.15, -0.1) is 0 Å². The second-order valence-electron chi connectivity index (χ2n) is 8.37. The first-order valence-corrected chi connectivity index (χ1v) is 10.7. The van der Waals surface area contributed by atoms with Crippen molar-refractivity contribution in [2.24, 2.45) is 11.1 Å². The van der Waals surface area contributed by atoms with Crippen LogP contribution in [0.2, 0.25) is 0 Å². The van der Waals surface area contributed by atoms with Crippen LogP contribution in [0.5, 0.6) is 0 Å². The number of likely N-dealkylation sites (tertiary alicyclic amines) is 1. The summed E-state index contributed by atoms with van der Waals surface area (Å²) < 4.78 is 9.63. The van der Waals surface area contributed by atoms with E-state index in [2.05, 4.69) is 0 Å². The fraction of sp³-hybridized carbons (Fsp3) is 0.360. The minimum atomic E-state index is -0.563. The molecular formula is C25H29N3O5. The molecule has 1 amide bonds. The number of methoxy groups -OCH3 is 2. The number of esters is 2. The lowest BCUT2D eigenvalue weighted by molar-refractivity contribution is -0.149. The van der Waals surface area contributed by atoms with Crippen LogP contribution in [0.3, 0.4) is 0 Å². The SMILES string of the molecule is COC(=O)CC1(CC(=O)OC)CCN(C(=O)c2ccc(-c3ccc(C(=N)N)cc3)cc2)CC1. The zero-order valence-electron chi connectivity index (χ0n) is 18.9. The second kappa shape index (κ2) is 10.3. The van der Waals surface area contributed by atoms with E-state index >= 15 is 0 Å². The van der Waals surface area contributed by atoms with Crippen molar-refractivity contribution in [3.8, 4) is 11.1 Å². The molecule has 3 rings (SSSR count). The van der Waals surface area contributed by atoms with E-state index in [-0.39, 0.29) is 36.5 Å². The maximum absolute atomic E-state index is 13.0. The van der Waals surface area contributed by atoms with Crippen LogP contribution in [-0.4, -0.2) is 55.9 Å². The molecule has 174 valence electrons. The number of amides is 1. The van der Waals surface area contributed by atoms with Crippen LogP contribution < -0.4 is 5.73 Å². The van der Waals surface area contributed by atoms with E-state index in [1.807, 2.05) is 24.3 Å². The van der Waals surface area contributed by atoms with Crippen molar-refractivity contribution < 1.29 is 23.9 Å². The molecule has 0 saturated carbocycles. The molecule has 1 aliphatic rings. The zero-order chi connectivity index (χ0) is 24.0. The number of carbonyl (C=O) groups is 3. The van der Waals surface area contributed by atoms with Gasteiger partial charge in [-0.1, -0.05) is 36.4 Å². The minimum absolute atomic E-state index is 0.0196. The van der Waals surface area contributed by atoms with Crippen molar-refractivity contribution in [2.75, 3.05) is 27.3 Å². The average molecular weight is 452 g/mol. The van der Waals surface area contributed by atoms with E-state index in [4.69, 9.17) is 20.6 Å². The van der Waals surface area contributed by atoms with E-state index in [0.717, 1.165) is 11.1 Å². The molecule has 1 heterocycles. The molecule has 33 heavy (non-hydrogen) atoms. The number of nitrogens with one attached hydrogen (secondary N) is 1. The van der Waals surface area contributed by atoms with Crippen LogP contribution >= 0.6 is 0 Å². The third-order valence-electron chi connectivity index (χ3n) is 6.27. The van der Waals surface area contributed by atoms with Crippen LogP contribution in [-0.2, 0) is 19.1 Å². The van der Waals surface area contributed by atoms with Gasteiger partial charge >= 0.3 is 11.9 Å². The van der Waals surface area contributed by atoms with Gasteiger partial charge in [0.2, 0.25) is 0 Å². The van der Waals surface area contributed by atoms with Crippen molar-refractivity contribution in [1.29, 1.82) is 5.41 Å². The highest BCUT2D eigenvalue weighted by Gasteiger charge is 2.40. The summed E-state index contributed by atoms with van der Waals surface area (Å²) in [6.07, 6.45) is 1.28. The summed E-state index contributed by atoms with van der Waals surface area (Å²) in [5.74, 6) is -0.805. The Kier molecular flexibility index (Phi) is 7.48. The Labute approximate surface area is 193 Å². The maximum atomic E-state index is 13.0. The Morgan fingerprint density at radius 3 is 1.67 bits per heavy atom. The van der Waals surface area contributed by atoms with Gasteiger partial charge in [0.05, 0.1) is 27.1 Å². The van der Waals surface area contributed by atoms with Crippen LogP contribution in [0.15, 0.2) is 48.5 Å². The largest absolute Gasteiger partial charge is 0.469 e. The summed E-state index contributed by atoms with van der Waals surface area (Å²) in [6.45, 7) is 0.891. The lowest BCUT2D eigenvalue weighted by Gasteiger charge is -2.40. The highest BCUT2D eigenvalue weighted by Crippen LogP contribution is 2.39. The maximum Gasteiger partial charge on any atom is 0.306 e. The number of carbonyl (C=O) groups excluding carboxylic acids is 3. The van der Waals surface area contributed by atoms with Gasteiger partial charge in [0.15, 0.2) is 0 Å². The summed E-state index contributed by atoms with van der Waals surface area (Å²) in [5.41, 5.74) is 8.09. The van der Waals surface area contributed by atoms with E-state index in [1.54, 1.807) is 29.2 Å². The number of nitrogens with two attached hydrogens (primary N) is 1. The Balaban J connectivity index is 1.67. The Morgan fingerprint density at radius 1 is 0.848 bits per heavy atom. The molecule has 0 radical (unpaired) electrons. The van der Waals surface area contributed by atoms with E-state index < -0.39 is 5.41 Å². The van der Waals surface area contributed by atoms with Gasteiger partial charge in [-0.2, -0.15) is 0 Å². The number of piperidine rings is 1. The van der Waals surface area contributed by atoms with Gasteiger partial charge in [0.1, 0.15) is 5.84 Å². The van der Waals surface area contributed by atoms with E-state index in [0.29, 0.717) is 37.1 Å². The van der Waals surface area contributed by atoms with E-state index in [9.17, 15) is 14.4 Å². The highest BCUT2D eigenvalue weighted by molar-refractivity contribution is 5.96. The van der Waals surface area contributed by atoms with Crippen LogP contribution in [0.1, 0.15) is 41.6 Å². The quantitative estimate of drug-likeness (QED) is 0.379. The molecule has 1 saturated heterocycles. The predicted molar refractivity (Wildman–Crippen MR) is 124 cm³/mol. The molecular weight excluding hydrogens is 422 g/mol. The molecule has 0 aromatic heterocycles. The topological polar surface area (TPSA) is 123 Å². The molecule has 3 N–H and O–H groups in total. The van der Waals surface area contributed by atoms with Gasteiger partial charge in [-0.3, -0.25) is 19.8 Å². The molecule has 0 bridgehead atoms. The lowest BCUT2D eigenvalue weighted by atomic mass is 9.73. The van der Waals surface area contributed by atoms with Crippen molar-refractivity contribution >= 4 is 23.7 Å². The van der Waals surface area contributed by atoms with Crippen molar-refractivity contribution in [3.05, 3.63) is 59.7 Å². The minimum Gasteiger partial charge on any atom is -0.469 e. The Morgan fingerprint density at radius 2 is 1.27 bits per heavy atom. The summed E-state index contributed by atoms with van der Waals surface area (Å²) in [7, 11) is 2.66. The number of nitrogen functional groups attached to an aromatic ring is 1. The van der Waals surface area contributed by atoms with Gasteiger partial charge < -0.3 is 20.1 Å². The molecule has 1 aliphatic heterocycles. The summed E-state index contributed by atoms with van der Waals surface area (Å²) in [4.78, 5) is 38.6. The average Bonchev–Trinajstić information content (AvgIpc) is 2.84. The summed E-state index contributed by atoms with van der Waals surface area (Å²) >= 11 is 0. The van der Waals surface area contributed by atoms with Crippen molar-refractivity contribution in [3.63, 3.8) is 0 Å². The smallest absolute Gasteiger partial charge is 0.306 e. The van der Waals surface area contributed by atoms with Crippen molar-refractivity contribution in [1.82, 2.24) is 4.90 Å². The van der Waals surface area contributed by atoms with Crippen LogP contribution in [0.4, 0.5) is 0 Å². The first-order valence-electron chi connectivity index (χ1n) is 10.7. The standard InChI is InChI=1S/C25H29N3O5/c1-32-21(29)15-25(16-22(30)33-2)11-13-28(14-12-25)24(31)20-9-5-18(6-10-20)17-3-7-19(8-4-17)23(26)27/h3-10H,11-16H2,1-2H3,(H3,26,27). The molecule has 1 fully saturated rings. The van der Waals surface area contributed by atoms with Crippen molar-refractivity contribution in [2.45, 2.75) is 25.7 Å². The lowest BCUT2D eigenvalue weighted by Crippen LogP contribution is -2.45. The fourth-order valence-electron chi connectivity index (χ4n) is 4.19. The molecule has 0 spiro atoms. The zero-order valence-corrected chi connectivity index (χ0v) is 18.9. The monoisotopic (exact) mass is 451 g/mol. The molecule has 8 nitrogen and oxygen atoms in total. The number of benzene rings is 2. The van der Waals surface area contributed by atoms with E-state index in [1.165, 1.54) is 14.2 Å². The Hall–Kier alpha value is -3.68. The number of hydrogen-bond acceptors (Lipinski definition) is 6. The summed E-state index contributed by atoms with van der Waals surface area (Å²) in [5, 5.41) is 7.48. The van der Waals surface area contributed by atoms with Crippen LogP contribution in [0.25, 0.3) is 11.1 Å². The normalized spacial score (nSPS) is 14.9. The van der Waals surface area contributed by atoms with Gasteiger partial charge in [-0.05, 0) is 41.5 Å². The Bertz CT molecular complexity index is 1000. The number of nitrogens with zero attached hydrogens (tertiary/aromatic N) is 1. The number of ether oxygens (including phenoxy) is 2. The first-order chi connectivity index (χ1) is 15.8. The third-order valence-corrected chi connectivity index (χ3v) is 6.27. The number of amidine groups is 1. The molecule has 0 atom stereocenters. The molecule has 8 heteroatoms. The highest BCUT2D eigenvalue weighted by atomic mass is 16.5. The molecule has 2 aromatic rings. The number of hydrogen-bond donors (Lipinski definition) is 2. The van der Waals surface area contributed by atoms with Gasteiger partial charge in [-0.25, -0.2) is 0 Å².